The van der Waals surface area contributed by atoms with Crippen molar-refractivity contribution in [3.05, 3.63) is 36.0 Å². The lowest BCUT2D eigenvalue weighted by Gasteiger charge is -2.09. The molecular formula is C13H22O. The number of aliphatic hydroxyl groups excluding tert-OH is 1. The van der Waals surface area contributed by atoms with E-state index in [4.69, 9.17) is 0 Å². The summed E-state index contributed by atoms with van der Waals surface area (Å²) in [7, 11) is 0. The van der Waals surface area contributed by atoms with Crippen molar-refractivity contribution in [3.8, 4) is 0 Å². The fourth-order valence-electron chi connectivity index (χ4n) is 1.32. The third kappa shape index (κ3) is 5.76. The molecule has 0 aliphatic rings. The number of aliphatic hydroxyl groups is 1. The molecule has 0 aromatic carbocycles. The van der Waals surface area contributed by atoms with Crippen molar-refractivity contribution in [3.63, 3.8) is 0 Å². The molecule has 0 saturated carbocycles. The van der Waals surface area contributed by atoms with Crippen LogP contribution in [0.1, 0.15) is 40.0 Å². The normalized spacial score (nSPS) is 15.4. The van der Waals surface area contributed by atoms with E-state index in [2.05, 4.69) is 19.6 Å². The van der Waals surface area contributed by atoms with Gasteiger partial charge in [0, 0.05) is 0 Å². The standard InChI is InChI=1S/C13H22O/c1-5-8-13(14)10-12(7-3)9-11(4)6-2/h6-7,9,13-14H,2,5,8,10H2,1,3-4H3/b11-9-,12-7+. The molecule has 0 amide bonds. The lowest BCUT2D eigenvalue weighted by Crippen LogP contribution is -2.06. The molecule has 0 radical (unpaired) electrons. The van der Waals surface area contributed by atoms with Crippen LogP contribution < -0.4 is 0 Å². The number of rotatable bonds is 6. The van der Waals surface area contributed by atoms with Gasteiger partial charge in [0.2, 0.25) is 0 Å². The largest absolute Gasteiger partial charge is 0.393 e. The van der Waals surface area contributed by atoms with Crippen LogP contribution in [0.15, 0.2) is 36.0 Å². The van der Waals surface area contributed by atoms with Gasteiger partial charge in [0.1, 0.15) is 0 Å². The van der Waals surface area contributed by atoms with Crippen molar-refractivity contribution in [2.45, 2.75) is 46.1 Å². The highest BCUT2D eigenvalue weighted by Gasteiger charge is 2.04. The second-order valence-electron chi connectivity index (χ2n) is 3.60. The zero-order chi connectivity index (χ0) is 11.0. The minimum Gasteiger partial charge on any atom is -0.393 e. The minimum absolute atomic E-state index is 0.208. The van der Waals surface area contributed by atoms with Gasteiger partial charge in [0.25, 0.3) is 0 Å². The van der Waals surface area contributed by atoms with E-state index in [1.807, 2.05) is 26.0 Å². The van der Waals surface area contributed by atoms with E-state index in [1.165, 1.54) is 5.57 Å². The summed E-state index contributed by atoms with van der Waals surface area (Å²) in [6.07, 6.45) is 8.39. The average Bonchev–Trinajstić information content (AvgIpc) is 2.16. The monoisotopic (exact) mass is 194 g/mol. The molecule has 1 nitrogen and oxygen atoms in total. The second kappa shape index (κ2) is 7.57. The third-order valence-corrected chi connectivity index (χ3v) is 2.20. The molecule has 0 saturated heterocycles. The molecule has 14 heavy (non-hydrogen) atoms. The minimum atomic E-state index is -0.208. The molecule has 0 spiro atoms. The van der Waals surface area contributed by atoms with E-state index in [0.717, 1.165) is 24.8 Å². The van der Waals surface area contributed by atoms with Gasteiger partial charge >= 0.3 is 0 Å². The molecule has 1 N–H and O–H groups in total. The van der Waals surface area contributed by atoms with Crippen molar-refractivity contribution in [2.24, 2.45) is 0 Å². The predicted octanol–water partition coefficient (Wildman–Crippen LogP) is 3.62. The van der Waals surface area contributed by atoms with Gasteiger partial charge in [0.15, 0.2) is 0 Å². The highest BCUT2D eigenvalue weighted by Crippen LogP contribution is 2.13. The Bertz CT molecular complexity index is 223. The van der Waals surface area contributed by atoms with Crippen molar-refractivity contribution in [1.29, 1.82) is 0 Å². The van der Waals surface area contributed by atoms with Gasteiger partial charge in [-0.25, -0.2) is 0 Å². The Labute approximate surface area is 87.8 Å². The molecular weight excluding hydrogens is 172 g/mol. The third-order valence-electron chi connectivity index (χ3n) is 2.20. The van der Waals surface area contributed by atoms with Crippen LogP contribution in [0.4, 0.5) is 0 Å². The molecule has 0 aliphatic carbocycles. The van der Waals surface area contributed by atoms with Gasteiger partial charge < -0.3 is 5.11 Å². The Morgan fingerprint density at radius 1 is 1.50 bits per heavy atom. The van der Waals surface area contributed by atoms with E-state index in [-0.39, 0.29) is 6.10 Å². The molecule has 0 aliphatic heterocycles. The Morgan fingerprint density at radius 2 is 2.14 bits per heavy atom. The fourth-order valence-corrected chi connectivity index (χ4v) is 1.32. The molecule has 0 heterocycles. The van der Waals surface area contributed by atoms with E-state index in [1.54, 1.807) is 0 Å². The zero-order valence-corrected chi connectivity index (χ0v) is 9.59. The van der Waals surface area contributed by atoms with Crippen LogP contribution in [-0.2, 0) is 0 Å². The lowest BCUT2D eigenvalue weighted by molar-refractivity contribution is 0.164. The second-order valence-corrected chi connectivity index (χ2v) is 3.60. The molecule has 1 heteroatoms. The first kappa shape index (κ1) is 13.2. The Balaban J connectivity index is 4.24. The Morgan fingerprint density at radius 3 is 2.57 bits per heavy atom. The molecule has 1 unspecified atom stereocenters. The first-order valence-corrected chi connectivity index (χ1v) is 5.28. The molecule has 80 valence electrons. The summed E-state index contributed by atoms with van der Waals surface area (Å²) >= 11 is 0. The van der Waals surface area contributed by atoms with E-state index < -0.39 is 0 Å². The van der Waals surface area contributed by atoms with Crippen LogP contribution in [0.2, 0.25) is 0 Å². The first-order chi connectivity index (χ1) is 6.63. The van der Waals surface area contributed by atoms with Gasteiger partial charge in [-0.15, -0.1) is 0 Å². The Hall–Kier alpha value is -0.820. The average molecular weight is 194 g/mol. The fraction of sp³-hybridized carbons (Fsp3) is 0.538. The Kier molecular flexibility index (Phi) is 7.13. The predicted molar refractivity (Wildman–Crippen MR) is 63.2 cm³/mol. The number of allylic oxidation sites excluding steroid dienone is 4. The molecule has 1 atom stereocenters. The van der Waals surface area contributed by atoms with Crippen LogP contribution >= 0.6 is 0 Å². The molecule has 0 aromatic rings. The number of hydrogen-bond acceptors (Lipinski definition) is 1. The maximum Gasteiger partial charge on any atom is 0.0580 e. The van der Waals surface area contributed by atoms with Gasteiger partial charge in [-0.1, -0.05) is 43.7 Å². The van der Waals surface area contributed by atoms with E-state index in [0.29, 0.717) is 0 Å². The molecule has 0 bridgehead atoms. The summed E-state index contributed by atoms with van der Waals surface area (Å²) in [5, 5.41) is 9.64. The van der Waals surface area contributed by atoms with E-state index >= 15 is 0 Å². The van der Waals surface area contributed by atoms with Gasteiger partial charge in [0.05, 0.1) is 6.10 Å². The van der Waals surface area contributed by atoms with Gasteiger partial charge in [-0.05, 0) is 32.3 Å². The molecule has 0 rings (SSSR count). The highest BCUT2D eigenvalue weighted by atomic mass is 16.3. The topological polar surface area (TPSA) is 20.2 Å². The maximum atomic E-state index is 9.64. The molecule has 0 aromatic heterocycles. The summed E-state index contributed by atoms with van der Waals surface area (Å²) in [6.45, 7) is 9.81. The van der Waals surface area contributed by atoms with Gasteiger partial charge in [-0.2, -0.15) is 0 Å². The first-order valence-electron chi connectivity index (χ1n) is 5.28. The summed E-state index contributed by atoms with van der Waals surface area (Å²) in [4.78, 5) is 0. The number of hydrogen-bond donors (Lipinski definition) is 1. The SMILES string of the molecule is C=C/C(C)=C\C(=C/C)CC(O)CCC. The maximum absolute atomic E-state index is 9.64. The smallest absolute Gasteiger partial charge is 0.0580 e. The van der Waals surface area contributed by atoms with Crippen LogP contribution in [-0.4, -0.2) is 11.2 Å². The van der Waals surface area contributed by atoms with E-state index in [9.17, 15) is 5.11 Å². The zero-order valence-electron chi connectivity index (χ0n) is 9.59. The van der Waals surface area contributed by atoms with Gasteiger partial charge in [-0.3, -0.25) is 0 Å². The highest BCUT2D eigenvalue weighted by molar-refractivity contribution is 5.27. The van der Waals surface area contributed by atoms with Crippen molar-refractivity contribution < 1.29 is 5.11 Å². The lowest BCUT2D eigenvalue weighted by atomic mass is 10.0. The summed E-state index contributed by atoms with van der Waals surface area (Å²) in [5.74, 6) is 0. The van der Waals surface area contributed by atoms with Crippen molar-refractivity contribution in [2.75, 3.05) is 0 Å². The van der Waals surface area contributed by atoms with Crippen molar-refractivity contribution in [1.82, 2.24) is 0 Å². The summed E-state index contributed by atoms with van der Waals surface area (Å²) in [6, 6.07) is 0. The summed E-state index contributed by atoms with van der Waals surface area (Å²) < 4.78 is 0. The summed E-state index contributed by atoms with van der Waals surface area (Å²) in [5.41, 5.74) is 2.32. The molecule has 0 fully saturated rings. The van der Waals surface area contributed by atoms with Crippen molar-refractivity contribution >= 4 is 0 Å². The van der Waals surface area contributed by atoms with Crippen LogP contribution in [0.3, 0.4) is 0 Å². The van der Waals surface area contributed by atoms with Crippen LogP contribution in [0.5, 0.6) is 0 Å². The van der Waals surface area contributed by atoms with Crippen LogP contribution in [0.25, 0.3) is 0 Å². The quantitative estimate of drug-likeness (QED) is 0.640. The van der Waals surface area contributed by atoms with Crippen LogP contribution in [0, 0.1) is 0 Å².